The molecule has 0 fully saturated rings. The van der Waals surface area contributed by atoms with Crippen molar-refractivity contribution >= 4 is 47.2 Å². The molecule has 49 heavy (non-hydrogen) atoms. The molecule has 0 aromatic heterocycles. The van der Waals surface area contributed by atoms with Gasteiger partial charge in [0.25, 0.3) is 0 Å². The van der Waals surface area contributed by atoms with Crippen molar-refractivity contribution in [2.24, 2.45) is 0 Å². The summed E-state index contributed by atoms with van der Waals surface area (Å²) >= 11 is 0. The van der Waals surface area contributed by atoms with E-state index >= 15 is 0 Å². The quantitative estimate of drug-likeness (QED) is 0.0421. The van der Waals surface area contributed by atoms with Gasteiger partial charge in [-0.3, -0.25) is 4.79 Å². The van der Waals surface area contributed by atoms with E-state index < -0.39 is 11.6 Å². The molecule has 0 aliphatic rings. The Morgan fingerprint density at radius 1 is 0.755 bits per heavy atom. The third-order valence-electron chi connectivity index (χ3n) is 7.54. The number of carboxylic acids is 1. The zero-order chi connectivity index (χ0) is 35.1. The fourth-order valence-corrected chi connectivity index (χ4v) is 5.20. The molecule has 0 saturated heterocycles. The molecule has 7 heteroatoms. The second kappa shape index (κ2) is 18.1. The van der Waals surface area contributed by atoms with E-state index in [1.165, 1.54) is 6.08 Å². The van der Waals surface area contributed by atoms with Gasteiger partial charge < -0.3 is 19.5 Å². The number of hydrogen-bond donors (Lipinski definition) is 1. The van der Waals surface area contributed by atoms with Crippen LogP contribution in [0.25, 0.3) is 18.2 Å². The van der Waals surface area contributed by atoms with Gasteiger partial charge in [0, 0.05) is 29.0 Å². The van der Waals surface area contributed by atoms with Gasteiger partial charge in [-0.2, -0.15) is 5.26 Å². The number of esters is 1. The van der Waals surface area contributed by atoms with Gasteiger partial charge in [-0.1, -0.05) is 92.1 Å². The summed E-state index contributed by atoms with van der Waals surface area (Å²) in [5.41, 5.74) is 4.77. The molecule has 0 amide bonds. The molecule has 0 atom stereocenters. The first-order valence-electron chi connectivity index (χ1n) is 16.6. The van der Waals surface area contributed by atoms with Crippen LogP contribution in [-0.4, -0.2) is 29.3 Å². The lowest BCUT2D eigenvalue weighted by Gasteiger charge is -2.25. The van der Waals surface area contributed by atoms with Crippen LogP contribution in [0.1, 0.15) is 76.0 Å². The highest BCUT2D eigenvalue weighted by Gasteiger charge is 2.16. The van der Waals surface area contributed by atoms with E-state index in [1.807, 2.05) is 81.5 Å². The van der Waals surface area contributed by atoms with E-state index in [4.69, 9.17) is 9.47 Å². The molecule has 0 spiro atoms. The molecular weight excluding hydrogens is 612 g/mol. The topological polar surface area (TPSA) is 99.9 Å². The van der Waals surface area contributed by atoms with Crippen molar-refractivity contribution in [2.75, 3.05) is 11.5 Å². The van der Waals surface area contributed by atoms with Crippen LogP contribution in [0.5, 0.6) is 5.75 Å². The lowest BCUT2D eigenvalue weighted by molar-refractivity contribution is -0.155. The van der Waals surface area contributed by atoms with E-state index in [0.29, 0.717) is 24.3 Å². The fraction of sp³-hybridized carbons (Fsp3) is 0.262. The number of carbonyl (C=O) groups is 2. The van der Waals surface area contributed by atoms with Crippen LogP contribution in [-0.2, 0) is 14.3 Å². The summed E-state index contributed by atoms with van der Waals surface area (Å²) in [5.74, 6) is -0.943. The number of ether oxygens (including phenoxy) is 2. The van der Waals surface area contributed by atoms with Gasteiger partial charge in [0.1, 0.15) is 23.0 Å². The van der Waals surface area contributed by atoms with Gasteiger partial charge in [-0.25, -0.2) is 4.79 Å². The number of anilines is 3. The third-order valence-corrected chi connectivity index (χ3v) is 7.54. The van der Waals surface area contributed by atoms with Crippen LogP contribution in [0.2, 0.25) is 0 Å². The molecule has 0 aliphatic carbocycles. The number of para-hydroxylation sites is 2. The molecule has 0 heterocycles. The molecule has 4 aromatic carbocycles. The van der Waals surface area contributed by atoms with Crippen LogP contribution < -0.4 is 9.64 Å². The smallest absolute Gasteiger partial charge is 0.346 e. The first-order valence-corrected chi connectivity index (χ1v) is 16.6. The van der Waals surface area contributed by atoms with Gasteiger partial charge in [-0.05, 0) is 93.3 Å². The average molecular weight is 657 g/mol. The van der Waals surface area contributed by atoms with Crippen molar-refractivity contribution in [3.05, 3.63) is 125 Å². The summed E-state index contributed by atoms with van der Waals surface area (Å²) in [6.07, 6.45) is 10.2. The van der Waals surface area contributed by atoms with Crippen LogP contribution in [0.4, 0.5) is 17.1 Å². The van der Waals surface area contributed by atoms with E-state index in [0.717, 1.165) is 60.3 Å². The Morgan fingerprint density at radius 2 is 1.31 bits per heavy atom. The molecule has 0 radical (unpaired) electrons. The molecule has 252 valence electrons. The van der Waals surface area contributed by atoms with Crippen molar-refractivity contribution < 1.29 is 24.2 Å². The van der Waals surface area contributed by atoms with Crippen LogP contribution in [0.3, 0.4) is 0 Å². The van der Waals surface area contributed by atoms with Crippen molar-refractivity contribution in [3.8, 4) is 11.8 Å². The SMILES string of the molecule is CC(C)(C)OC(=O)CCCCCCCOc1cc(/C=C/c2ccc(N(c3ccccc3)c3ccccc3)cc2)ccc1/C=C(/C#N)C(=O)O. The molecule has 4 aromatic rings. The number of nitriles is 1. The van der Waals surface area contributed by atoms with Crippen molar-refractivity contribution in [1.82, 2.24) is 0 Å². The number of carbonyl (C=O) groups excluding carboxylic acids is 1. The molecule has 1 N–H and O–H groups in total. The number of benzene rings is 4. The highest BCUT2D eigenvalue weighted by Crippen LogP contribution is 2.34. The zero-order valence-electron chi connectivity index (χ0n) is 28.5. The highest BCUT2D eigenvalue weighted by molar-refractivity contribution is 5.97. The van der Waals surface area contributed by atoms with E-state index in [9.17, 15) is 20.0 Å². The molecule has 7 nitrogen and oxygen atoms in total. The Kier molecular flexibility index (Phi) is 13.4. The second-order valence-corrected chi connectivity index (χ2v) is 12.7. The Hall–Kier alpha value is -5.61. The minimum absolute atomic E-state index is 0.168. The van der Waals surface area contributed by atoms with Gasteiger partial charge in [0.2, 0.25) is 0 Å². The predicted molar refractivity (Wildman–Crippen MR) is 197 cm³/mol. The maximum atomic E-state index is 11.9. The van der Waals surface area contributed by atoms with Crippen molar-refractivity contribution in [3.63, 3.8) is 0 Å². The predicted octanol–water partition coefficient (Wildman–Crippen LogP) is 10.4. The Balaban J connectivity index is 1.41. The normalized spacial score (nSPS) is 11.6. The summed E-state index contributed by atoms with van der Waals surface area (Å²) in [6.45, 7) is 6.04. The van der Waals surface area contributed by atoms with E-state index in [2.05, 4.69) is 53.4 Å². The first kappa shape index (κ1) is 36.2. The molecule has 0 aliphatic heterocycles. The minimum Gasteiger partial charge on any atom is -0.493 e. The summed E-state index contributed by atoms with van der Waals surface area (Å²) in [5, 5.41) is 18.7. The number of rotatable bonds is 16. The number of hydrogen-bond acceptors (Lipinski definition) is 6. The number of aliphatic carboxylic acids is 1. The van der Waals surface area contributed by atoms with E-state index in [1.54, 1.807) is 12.1 Å². The standard InChI is InChI=1S/C42H44N2O5/c1-42(2,3)49-40(45)19-13-5-4-6-14-28-48-39-29-33(22-25-34(39)30-35(31-43)41(46)47)21-20-32-23-26-38(27-24-32)44(36-15-9-7-10-16-36)37-17-11-8-12-18-37/h7-12,15-18,20-27,29-30H,4-6,13-14,19,28H2,1-3H3,(H,46,47)/b21-20+,35-30-. The fourth-order valence-electron chi connectivity index (χ4n) is 5.20. The Labute approximate surface area is 289 Å². The molecular formula is C42H44N2O5. The van der Waals surface area contributed by atoms with Gasteiger partial charge in [-0.15, -0.1) is 0 Å². The first-order chi connectivity index (χ1) is 23.6. The average Bonchev–Trinajstić information content (AvgIpc) is 3.08. The van der Waals surface area contributed by atoms with Gasteiger partial charge in [0.05, 0.1) is 6.61 Å². The summed E-state index contributed by atoms with van der Waals surface area (Å²) in [4.78, 5) is 25.6. The largest absolute Gasteiger partial charge is 0.493 e. The van der Waals surface area contributed by atoms with Crippen LogP contribution in [0.15, 0.2) is 109 Å². The van der Waals surface area contributed by atoms with Gasteiger partial charge >= 0.3 is 11.9 Å². The number of carboxylic acid groups (broad SMARTS) is 1. The third kappa shape index (κ3) is 11.9. The molecule has 0 bridgehead atoms. The number of nitrogens with zero attached hydrogens (tertiary/aromatic N) is 2. The van der Waals surface area contributed by atoms with Gasteiger partial charge in [0.15, 0.2) is 0 Å². The van der Waals surface area contributed by atoms with Crippen LogP contribution >= 0.6 is 0 Å². The second-order valence-electron chi connectivity index (χ2n) is 12.7. The monoisotopic (exact) mass is 656 g/mol. The summed E-state index contributed by atoms with van der Waals surface area (Å²) < 4.78 is 11.5. The minimum atomic E-state index is -1.29. The molecule has 0 saturated carbocycles. The van der Waals surface area contributed by atoms with Crippen molar-refractivity contribution in [1.29, 1.82) is 5.26 Å². The zero-order valence-corrected chi connectivity index (χ0v) is 28.5. The summed E-state index contributed by atoms with van der Waals surface area (Å²) in [7, 11) is 0. The lowest BCUT2D eigenvalue weighted by Crippen LogP contribution is -2.23. The molecule has 4 rings (SSSR count). The van der Waals surface area contributed by atoms with Crippen LogP contribution in [0, 0.1) is 11.3 Å². The summed E-state index contributed by atoms with van der Waals surface area (Å²) in [6, 6.07) is 36.1. The Bertz CT molecular complexity index is 1730. The maximum Gasteiger partial charge on any atom is 0.346 e. The van der Waals surface area contributed by atoms with Crippen molar-refractivity contribution in [2.45, 2.75) is 64.9 Å². The Morgan fingerprint density at radius 3 is 1.90 bits per heavy atom. The maximum absolute atomic E-state index is 11.9. The number of unbranched alkanes of at least 4 members (excludes halogenated alkanes) is 4. The lowest BCUT2D eigenvalue weighted by atomic mass is 10.1. The highest BCUT2D eigenvalue weighted by atomic mass is 16.6. The molecule has 0 unspecified atom stereocenters. The van der Waals surface area contributed by atoms with E-state index in [-0.39, 0.29) is 11.5 Å².